The SMILES string of the molecule is CCOc1ccc(C(=O)NCC(O)(CC)CC)cc1N. The van der Waals surface area contributed by atoms with Crippen molar-refractivity contribution in [3.05, 3.63) is 23.8 Å². The third-order valence-electron chi connectivity index (χ3n) is 3.47. The van der Waals surface area contributed by atoms with Gasteiger partial charge in [-0.15, -0.1) is 0 Å². The Morgan fingerprint density at radius 1 is 1.35 bits per heavy atom. The van der Waals surface area contributed by atoms with E-state index in [1.165, 1.54) is 0 Å². The van der Waals surface area contributed by atoms with Gasteiger partial charge in [-0.2, -0.15) is 0 Å². The highest BCUT2D eigenvalue weighted by atomic mass is 16.5. The molecule has 5 heteroatoms. The molecule has 0 aromatic heterocycles. The van der Waals surface area contributed by atoms with Crippen LogP contribution in [0.1, 0.15) is 44.0 Å². The van der Waals surface area contributed by atoms with Crippen LogP contribution < -0.4 is 15.8 Å². The van der Waals surface area contributed by atoms with Crippen molar-refractivity contribution in [2.45, 2.75) is 39.2 Å². The number of benzene rings is 1. The molecule has 0 fully saturated rings. The fourth-order valence-corrected chi connectivity index (χ4v) is 1.82. The van der Waals surface area contributed by atoms with Gasteiger partial charge in [0.15, 0.2) is 0 Å². The Balaban J connectivity index is 2.71. The van der Waals surface area contributed by atoms with E-state index in [0.29, 0.717) is 36.4 Å². The van der Waals surface area contributed by atoms with Crippen LogP contribution in [0.15, 0.2) is 18.2 Å². The summed E-state index contributed by atoms with van der Waals surface area (Å²) in [6.45, 7) is 6.41. The number of anilines is 1. The maximum Gasteiger partial charge on any atom is 0.251 e. The van der Waals surface area contributed by atoms with Gasteiger partial charge in [0.2, 0.25) is 0 Å². The third-order valence-corrected chi connectivity index (χ3v) is 3.47. The smallest absolute Gasteiger partial charge is 0.251 e. The van der Waals surface area contributed by atoms with Gasteiger partial charge in [-0.3, -0.25) is 4.79 Å². The first-order valence-electron chi connectivity index (χ1n) is 6.98. The summed E-state index contributed by atoms with van der Waals surface area (Å²) in [5.41, 5.74) is 5.86. The minimum Gasteiger partial charge on any atom is -0.492 e. The summed E-state index contributed by atoms with van der Waals surface area (Å²) in [5, 5.41) is 12.9. The molecule has 0 saturated heterocycles. The van der Waals surface area contributed by atoms with E-state index in [-0.39, 0.29) is 12.5 Å². The van der Waals surface area contributed by atoms with Crippen molar-refractivity contribution in [3.63, 3.8) is 0 Å². The highest BCUT2D eigenvalue weighted by molar-refractivity contribution is 5.95. The molecule has 5 nitrogen and oxygen atoms in total. The number of nitrogen functional groups attached to an aromatic ring is 1. The monoisotopic (exact) mass is 280 g/mol. The van der Waals surface area contributed by atoms with E-state index in [1.807, 2.05) is 20.8 Å². The van der Waals surface area contributed by atoms with Gasteiger partial charge in [0.1, 0.15) is 5.75 Å². The van der Waals surface area contributed by atoms with Crippen LogP contribution in [0.4, 0.5) is 5.69 Å². The molecular weight excluding hydrogens is 256 g/mol. The van der Waals surface area contributed by atoms with Crippen molar-refractivity contribution >= 4 is 11.6 Å². The van der Waals surface area contributed by atoms with Crippen LogP contribution in [0.5, 0.6) is 5.75 Å². The predicted molar refractivity (Wildman–Crippen MR) is 79.9 cm³/mol. The number of nitrogens with two attached hydrogens (primary N) is 1. The van der Waals surface area contributed by atoms with Crippen molar-refractivity contribution in [2.75, 3.05) is 18.9 Å². The number of rotatable bonds is 7. The van der Waals surface area contributed by atoms with Gasteiger partial charge in [-0.05, 0) is 38.0 Å². The minimum absolute atomic E-state index is 0.228. The molecule has 0 atom stereocenters. The average molecular weight is 280 g/mol. The summed E-state index contributed by atoms with van der Waals surface area (Å²) in [6.07, 6.45) is 1.18. The summed E-state index contributed by atoms with van der Waals surface area (Å²) >= 11 is 0. The van der Waals surface area contributed by atoms with E-state index < -0.39 is 5.60 Å². The molecule has 0 aliphatic carbocycles. The molecule has 0 unspecified atom stereocenters. The maximum absolute atomic E-state index is 12.0. The largest absolute Gasteiger partial charge is 0.492 e. The standard InChI is InChI=1S/C15H24N2O3/c1-4-15(19,5-2)10-17-14(18)11-7-8-13(20-6-3)12(16)9-11/h7-9,19H,4-6,10,16H2,1-3H3,(H,17,18). The number of nitrogens with one attached hydrogen (secondary N) is 1. The zero-order valence-electron chi connectivity index (χ0n) is 12.4. The maximum atomic E-state index is 12.0. The van der Waals surface area contributed by atoms with Gasteiger partial charge in [0, 0.05) is 12.1 Å². The van der Waals surface area contributed by atoms with Crippen molar-refractivity contribution in [2.24, 2.45) is 0 Å². The molecule has 1 aromatic rings. The van der Waals surface area contributed by atoms with Crippen molar-refractivity contribution in [1.82, 2.24) is 5.32 Å². The van der Waals surface area contributed by atoms with Crippen LogP contribution in [0.25, 0.3) is 0 Å². The zero-order chi connectivity index (χ0) is 15.2. The minimum atomic E-state index is -0.855. The summed E-state index contributed by atoms with van der Waals surface area (Å²) < 4.78 is 5.32. The lowest BCUT2D eigenvalue weighted by atomic mass is 9.97. The van der Waals surface area contributed by atoms with Crippen LogP contribution in [-0.2, 0) is 0 Å². The molecule has 0 saturated carbocycles. The molecule has 20 heavy (non-hydrogen) atoms. The van der Waals surface area contributed by atoms with Crippen LogP contribution in [0.3, 0.4) is 0 Å². The Bertz CT molecular complexity index is 456. The molecule has 0 bridgehead atoms. The predicted octanol–water partition coefficient (Wildman–Crippen LogP) is 1.95. The third kappa shape index (κ3) is 4.13. The van der Waals surface area contributed by atoms with E-state index in [4.69, 9.17) is 10.5 Å². The molecule has 1 aromatic carbocycles. The van der Waals surface area contributed by atoms with Crippen LogP contribution in [0.2, 0.25) is 0 Å². The van der Waals surface area contributed by atoms with Crippen LogP contribution in [0, 0.1) is 0 Å². The number of ether oxygens (including phenoxy) is 1. The summed E-state index contributed by atoms with van der Waals surface area (Å²) in [4.78, 5) is 12.0. The van der Waals surface area contributed by atoms with Gasteiger partial charge in [0.05, 0.1) is 17.9 Å². The van der Waals surface area contributed by atoms with Crippen molar-refractivity contribution in [1.29, 1.82) is 0 Å². The topological polar surface area (TPSA) is 84.6 Å². The first-order chi connectivity index (χ1) is 9.45. The van der Waals surface area contributed by atoms with E-state index in [0.717, 1.165) is 0 Å². The molecule has 0 spiro atoms. The lowest BCUT2D eigenvalue weighted by Gasteiger charge is -2.25. The van der Waals surface area contributed by atoms with E-state index >= 15 is 0 Å². The second-order valence-corrected chi connectivity index (χ2v) is 4.80. The second kappa shape index (κ2) is 7.14. The van der Waals surface area contributed by atoms with E-state index in [9.17, 15) is 9.90 Å². The number of amides is 1. The Morgan fingerprint density at radius 2 is 2.00 bits per heavy atom. The number of carbonyl (C=O) groups excluding carboxylic acids is 1. The normalized spacial score (nSPS) is 11.2. The van der Waals surface area contributed by atoms with Gasteiger partial charge in [-0.1, -0.05) is 13.8 Å². The first-order valence-corrected chi connectivity index (χ1v) is 6.98. The first kappa shape index (κ1) is 16.3. The van der Waals surface area contributed by atoms with Crippen LogP contribution >= 0.6 is 0 Å². The van der Waals surface area contributed by atoms with E-state index in [2.05, 4.69) is 5.32 Å². The number of aliphatic hydroxyl groups is 1. The zero-order valence-corrected chi connectivity index (χ0v) is 12.4. The molecule has 112 valence electrons. The number of hydrogen-bond donors (Lipinski definition) is 3. The number of hydrogen-bond acceptors (Lipinski definition) is 4. The van der Waals surface area contributed by atoms with Gasteiger partial charge >= 0.3 is 0 Å². The fraction of sp³-hybridized carbons (Fsp3) is 0.533. The van der Waals surface area contributed by atoms with Gasteiger partial charge < -0.3 is 20.9 Å². The highest BCUT2D eigenvalue weighted by Crippen LogP contribution is 2.22. The fourth-order valence-electron chi connectivity index (χ4n) is 1.82. The summed E-state index contributed by atoms with van der Waals surface area (Å²) in [5.74, 6) is 0.322. The molecule has 0 heterocycles. The molecule has 0 aliphatic rings. The van der Waals surface area contributed by atoms with Crippen molar-refractivity contribution in [3.8, 4) is 5.75 Å². The molecular formula is C15H24N2O3. The molecule has 0 radical (unpaired) electrons. The molecule has 4 N–H and O–H groups in total. The lowest BCUT2D eigenvalue weighted by molar-refractivity contribution is 0.0314. The summed E-state index contributed by atoms with van der Waals surface area (Å²) in [7, 11) is 0. The van der Waals surface area contributed by atoms with Crippen molar-refractivity contribution < 1.29 is 14.6 Å². The Kier molecular flexibility index (Phi) is 5.82. The Hall–Kier alpha value is -1.75. The lowest BCUT2D eigenvalue weighted by Crippen LogP contribution is -2.42. The molecule has 1 amide bonds. The molecule has 0 aliphatic heterocycles. The second-order valence-electron chi connectivity index (χ2n) is 4.80. The molecule has 1 rings (SSSR count). The highest BCUT2D eigenvalue weighted by Gasteiger charge is 2.23. The van der Waals surface area contributed by atoms with Gasteiger partial charge in [-0.25, -0.2) is 0 Å². The van der Waals surface area contributed by atoms with Crippen LogP contribution in [-0.4, -0.2) is 29.8 Å². The average Bonchev–Trinajstić information content (AvgIpc) is 2.46. The van der Waals surface area contributed by atoms with E-state index in [1.54, 1.807) is 18.2 Å². The Labute approximate surface area is 120 Å². The van der Waals surface area contributed by atoms with Gasteiger partial charge in [0.25, 0.3) is 5.91 Å². The summed E-state index contributed by atoms with van der Waals surface area (Å²) in [6, 6.07) is 4.92. The number of carbonyl (C=O) groups is 1. The Morgan fingerprint density at radius 3 is 2.50 bits per heavy atom. The quantitative estimate of drug-likeness (QED) is 0.666.